The molecule has 0 N–H and O–H groups in total. The fraction of sp³-hybridized carbons (Fsp3) is 0.333. The number of alkyl halides is 3. The number of carbonyl (C=O) groups excluding carboxylic acids is 1. The van der Waals surface area contributed by atoms with Gasteiger partial charge in [0.05, 0.1) is 11.8 Å². The van der Waals surface area contributed by atoms with E-state index >= 15 is 0 Å². The van der Waals surface area contributed by atoms with Gasteiger partial charge in [-0.3, -0.25) is 9.48 Å². The Morgan fingerprint density at radius 1 is 1.29 bits per heavy atom. The van der Waals surface area contributed by atoms with Crippen LogP contribution in [-0.2, 0) is 12.6 Å². The number of aryl methyl sites for hydroxylation is 1. The maximum Gasteiger partial charge on any atom is 0.419 e. The van der Waals surface area contributed by atoms with E-state index in [9.17, 15) is 18.0 Å². The molecule has 0 radical (unpaired) electrons. The van der Waals surface area contributed by atoms with Crippen molar-refractivity contribution in [1.82, 2.24) is 9.78 Å². The maximum atomic E-state index is 12.5. The number of rotatable bonds is 4. The number of benzene rings is 1. The van der Waals surface area contributed by atoms with E-state index in [0.717, 1.165) is 29.1 Å². The molecular formula is C15H15F3N2O. The van der Waals surface area contributed by atoms with Gasteiger partial charge in [-0.05, 0) is 18.9 Å². The van der Waals surface area contributed by atoms with Crippen LogP contribution in [0, 0.1) is 0 Å². The van der Waals surface area contributed by atoms with Gasteiger partial charge in [-0.25, -0.2) is 0 Å². The summed E-state index contributed by atoms with van der Waals surface area (Å²) in [5.41, 5.74) is 0.699. The summed E-state index contributed by atoms with van der Waals surface area (Å²) in [7, 11) is 0. The molecular weight excluding hydrogens is 281 g/mol. The van der Waals surface area contributed by atoms with Crippen molar-refractivity contribution in [3.05, 3.63) is 53.3 Å². The molecule has 0 aliphatic heterocycles. The number of aromatic nitrogens is 2. The molecule has 1 heterocycles. The van der Waals surface area contributed by atoms with Crippen LogP contribution in [-0.4, -0.2) is 15.6 Å². The first-order valence-electron chi connectivity index (χ1n) is 6.57. The van der Waals surface area contributed by atoms with E-state index in [1.54, 1.807) is 12.1 Å². The van der Waals surface area contributed by atoms with Crippen LogP contribution in [0.15, 0.2) is 36.7 Å². The fourth-order valence-corrected chi connectivity index (χ4v) is 1.96. The summed E-state index contributed by atoms with van der Waals surface area (Å²) < 4.78 is 38.6. The lowest BCUT2D eigenvalue weighted by molar-refractivity contribution is -0.137. The second-order valence-corrected chi connectivity index (χ2v) is 4.80. The Hall–Kier alpha value is -2.11. The molecule has 1 atom stereocenters. The largest absolute Gasteiger partial charge is 0.419 e. The Labute approximate surface area is 120 Å². The van der Waals surface area contributed by atoms with Crippen LogP contribution in [0.2, 0.25) is 0 Å². The number of Topliss-reactive ketones (excluding diaryl/α,β-unsaturated/α-hetero) is 1. The van der Waals surface area contributed by atoms with Crippen LogP contribution in [0.25, 0.3) is 0 Å². The summed E-state index contributed by atoms with van der Waals surface area (Å²) in [5.74, 6) is -0.269. The predicted octanol–water partition coefficient (Wildman–Crippen LogP) is 3.91. The van der Waals surface area contributed by atoms with E-state index < -0.39 is 17.8 Å². The van der Waals surface area contributed by atoms with E-state index in [-0.39, 0.29) is 5.78 Å². The lowest BCUT2D eigenvalue weighted by atomic mass is 10.0. The zero-order chi connectivity index (χ0) is 15.6. The van der Waals surface area contributed by atoms with Crippen LogP contribution < -0.4 is 0 Å². The highest BCUT2D eigenvalue weighted by molar-refractivity contribution is 5.98. The predicted molar refractivity (Wildman–Crippen MR) is 72.1 cm³/mol. The number of ketones is 1. The fourth-order valence-electron chi connectivity index (χ4n) is 1.96. The lowest BCUT2D eigenvalue weighted by Gasteiger charge is -2.11. The summed E-state index contributed by atoms with van der Waals surface area (Å²) in [6.07, 6.45) is -2.02. The number of nitrogens with zero attached hydrogens (tertiary/aromatic N) is 2. The van der Waals surface area contributed by atoms with Crippen molar-refractivity contribution in [2.45, 2.75) is 32.5 Å². The molecule has 0 aliphatic carbocycles. The van der Waals surface area contributed by atoms with Crippen LogP contribution in [0.4, 0.5) is 13.2 Å². The highest BCUT2D eigenvalue weighted by Crippen LogP contribution is 2.29. The van der Waals surface area contributed by atoms with Gasteiger partial charge in [-0.15, -0.1) is 0 Å². The number of carbonyl (C=O) groups is 1. The second-order valence-electron chi connectivity index (χ2n) is 4.80. The first kappa shape index (κ1) is 15.3. The number of hydrogen-bond acceptors (Lipinski definition) is 2. The van der Waals surface area contributed by atoms with Crippen molar-refractivity contribution in [1.29, 1.82) is 0 Å². The van der Waals surface area contributed by atoms with Gasteiger partial charge in [-0.1, -0.05) is 31.2 Å². The van der Waals surface area contributed by atoms with Crippen molar-refractivity contribution in [2.75, 3.05) is 0 Å². The van der Waals surface area contributed by atoms with Gasteiger partial charge in [0, 0.05) is 11.8 Å². The van der Waals surface area contributed by atoms with Gasteiger partial charge in [0.2, 0.25) is 0 Å². The third kappa shape index (κ3) is 3.32. The molecule has 3 nitrogen and oxygen atoms in total. The minimum atomic E-state index is -4.45. The van der Waals surface area contributed by atoms with Gasteiger partial charge in [0.1, 0.15) is 6.04 Å². The molecule has 0 fully saturated rings. The Morgan fingerprint density at radius 3 is 2.38 bits per heavy atom. The molecule has 0 amide bonds. The van der Waals surface area contributed by atoms with Crippen LogP contribution in [0.3, 0.4) is 0 Å². The molecule has 21 heavy (non-hydrogen) atoms. The van der Waals surface area contributed by atoms with E-state index in [1.807, 2.05) is 19.1 Å². The molecule has 6 heteroatoms. The zero-order valence-corrected chi connectivity index (χ0v) is 11.7. The minimum Gasteiger partial charge on any atom is -0.292 e. The summed E-state index contributed by atoms with van der Waals surface area (Å²) in [6, 6.07) is 6.26. The molecule has 1 aromatic heterocycles. The molecule has 2 rings (SSSR count). The van der Waals surface area contributed by atoms with Gasteiger partial charge in [-0.2, -0.15) is 18.3 Å². The van der Waals surface area contributed by atoms with E-state index in [0.29, 0.717) is 5.56 Å². The van der Waals surface area contributed by atoms with Gasteiger partial charge < -0.3 is 0 Å². The normalized spacial score (nSPS) is 13.2. The average Bonchev–Trinajstić information content (AvgIpc) is 2.95. The van der Waals surface area contributed by atoms with Crippen molar-refractivity contribution in [3.8, 4) is 0 Å². The maximum absolute atomic E-state index is 12.5. The summed E-state index contributed by atoms with van der Waals surface area (Å²) >= 11 is 0. The first-order chi connectivity index (χ1) is 9.82. The molecule has 112 valence electrons. The van der Waals surface area contributed by atoms with Gasteiger partial charge in [0.25, 0.3) is 0 Å². The first-order valence-corrected chi connectivity index (χ1v) is 6.57. The molecule has 0 spiro atoms. The molecule has 2 aromatic rings. The lowest BCUT2D eigenvalue weighted by Crippen LogP contribution is -2.17. The monoisotopic (exact) mass is 296 g/mol. The Kier molecular flexibility index (Phi) is 4.16. The molecule has 1 aromatic carbocycles. The second kappa shape index (κ2) is 5.71. The summed E-state index contributed by atoms with van der Waals surface area (Å²) in [6.45, 7) is 3.53. The molecule has 0 bridgehead atoms. The van der Waals surface area contributed by atoms with Gasteiger partial charge >= 0.3 is 6.18 Å². The van der Waals surface area contributed by atoms with E-state index in [1.165, 1.54) is 6.92 Å². The highest BCUT2D eigenvalue weighted by atomic mass is 19.4. The molecule has 0 aliphatic rings. The van der Waals surface area contributed by atoms with Crippen LogP contribution in [0.5, 0.6) is 0 Å². The smallest absolute Gasteiger partial charge is 0.292 e. The highest BCUT2D eigenvalue weighted by Gasteiger charge is 2.33. The average molecular weight is 296 g/mol. The van der Waals surface area contributed by atoms with E-state index in [2.05, 4.69) is 5.10 Å². The third-order valence-electron chi connectivity index (χ3n) is 3.35. The number of hydrogen-bond donors (Lipinski definition) is 0. The molecule has 0 saturated carbocycles. The third-order valence-corrected chi connectivity index (χ3v) is 3.35. The quantitative estimate of drug-likeness (QED) is 0.802. The summed E-state index contributed by atoms with van der Waals surface area (Å²) in [4.78, 5) is 12.3. The topological polar surface area (TPSA) is 34.9 Å². The van der Waals surface area contributed by atoms with Gasteiger partial charge in [0.15, 0.2) is 5.78 Å². The van der Waals surface area contributed by atoms with E-state index in [4.69, 9.17) is 0 Å². The van der Waals surface area contributed by atoms with Crippen molar-refractivity contribution >= 4 is 5.78 Å². The summed E-state index contributed by atoms with van der Waals surface area (Å²) in [5, 5.41) is 3.64. The van der Waals surface area contributed by atoms with Crippen molar-refractivity contribution in [3.63, 3.8) is 0 Å². The Morgan fingerprint density at radius 2 is 1.90 bits per heavy atom. The van der Waals surface area contributed by atoms with Crippen LogP contribution in [0.1, 0.15) is 41.4 Å². The molecule has 1 unspecified atom stereocenters. The Balaban J connectivity index is 2.20. The standard InChI is InChI=1S/C15H15F3N2O/c1-3-11-4-6-12(7-5-11)14(21)10(2)20-9-13(8-19-20)15(16,17)18/h4-10H,3H2,1-2H3. The zero-order valence-electron chi connectivity index (χ0n) is 11.7. The molecule has 0 saturated heterocycles. The van der Waals surface area contributed by atoms with Crippen molar-refractivity contribution < 1.29 is 18.0 Å². The Bertz CT molecular complexity index is 629. The SMILES string of the molecule is CCc1ccc(C(=O)C(C)n2cc(C(F)(F)F)cn2)cc1. The van der Waals surface area contributed by atoms with Crippen LogP contribution >= 0.6 is 0 Å². The minimum absolute atomic E-state index is 0.269. The van der Waals surface area contributed by atoms with Crippen molar-refractivity contribution in [2.24, 2.45) is 0 Å². The number of halogens is 3.